The van der Waals surface area contributed by atoms with Crippen molar-refractivity contribution in [1.82, 2.24) is 4.72 Å². The summed E-state index contributed by atoms with van der Waals surface area (Å²) in [7, 11) is -8.69. The van der Waals surface area contributed by atoms with Crippen LogP contribution in [-0.2, 0) is 24.9 Å². The highest BCUT2D eigenvalue weighted by atomic mass is 127. The fourth-order valence-electron chi connectivity index (χ4n) is 2.63. The van der Waals surface area contributed by atoms with Crippen molar-refractivity contribution in [3.63, 3.8) is 0 Å². The van der Waals surface area contributed by atoms with Gasteiger partial charge in [0, 0.05) is 9.13 Å². The molecule has 0 fully saturated rings. The van der Waals surface area contributed by atoms with Crippen molar-refractivity contribution in [2.75, 3.05) is 6.61 Å². The van der Waals surface area contributed by atoms with Gasteiger partial charge in [-0.1, -0.05) is 6.07 Å². The number of benzene rings is 3. The van der Waals surface area contributed by atoms with E-state index in [9.17, 15) is 30.8 Å². The number of sulfonamides is 1. The summed E-state index contributed by atoms with van der Waals surface area (Å²) in [4.78, 5) is 23.6. The molecule has 3 rings (SSSR count). The molecule has 0 aliphatic heterocycles. The Bertz CT molecular complexity index is 1490. The second-order valence-electron chi connectivity index (χ2n) is 6.75. The molecule has 0 unspecified atom stereocenters. The van der Waals surface area contributed by atoms with Gasteiger partial charge in [0.05, 0.1) is 4.90 Å². The van der Waals surface area contributed by atoms with Gasteiger partial charge >= 0.3 is 5.97 Å². The lowest BCUT2D eigenvalue weighted by Gasteiger charge is -2.09. The van der Waals surface area contributed by atoms with Gasteiger partial charge in [-0.3, -0.25) is 9.35 Å². The summed E-state index contributed by atoms with van der Waals surface area (Å²) in [6.07, 6.45) is 0. The average Bonchev–Trinajstić information content (AvgIpc) is 2.77. The zero-order valence-electron chi connectivity index (χ0n) is 17.3. The molecule has 0 heterocycles. The monoisotopic (exact) mass is 635 g/mol. The second-order valence-corrected chi connectivity index (χ2v) is 11.0. The van der Waals surface area contributed by atoms with Crippen molar-refractivity contribution in [1.29, 1.82) is 0 Å². The van der Waals surface area contributed by atoms with Crippen LogP contribution in [0.2, 0.25) is 0 Å². The third-order valence-electron chi connectivity index (χ3n) is 4.22. The van der Waals surface area contributed by atoms with Crippen LogP contribution in [0.25, 0.3) is 0 Å². The molecule has 0 saturated carbocycles. The average molecular weight is 635 g/mol. The predicted molar refractivity (Wildman–Crippen MR) is 128 cm³/mol. The number of nitrogens with one attached hydrogen (secondary N) is 1. The molecule has 0 aliphatic rings. The number of carbonyl (C=O) groups is 2. The van der Waals surface area contributed by atoms with Gasteiger partial charge < -0.3 is 9.47 Å². The maximum atomic E-state index is 13.3. The van der Waals surface area contributed by atoms with Gasteiger partial charge in [-0.2, -0.15) is 8.42 Å². The number of rotatable bonds is 8. The molecule has 35 heavy (non-hydrogen) atoms. The van der Waals surface area contributed by atoms with Crippen molar-refractivity contribution in [2.45, 2.75) is 9.79 Å². The predicted octanol–water partition coefficient (Wildman–Crippen LogP) is 2.78. The van der Waals surface area contributed by atoms with E-state index in [-0.39, 0.29) is 25.5 Å². The summed E-state index contributed by atoms with van der Waals surface area (Å²) in [5.41, 5.74) is -0.0606. The third kappa shape index (κ3) is 7.20. The van der Waals surface area contributed by atoms with Crippen LogP contribution in [0.3, 0.4) is 0 Å². The number of hydrogen-bond acceptors (Lipinski definition) is 8. The summed E-state index contributed by atoms with van der Waals surface area (Å²) >= 11 is 1.69. The van der Waals surface area contributed by atoms with Crippen LogP contribution in [0.15, 0.2) is 76.5 Å². The molecule has 1 amide bonds. The normalized spacial score (nSPS) is 11.5. The first kappa shape index (κ1) is 26.5. The minimum Gasteiger partial charge on any atom is -0.482 e. The zero-order valence-corrected chi connectivity index (χ0v) is 21.1. The minimum atomic E-state index is -4.39. The number of halogens is 2. The quantitative estimate of drug-likeness (QED) is 0.165. The van der Waals surface area contributed by atoms with E-state index in [2.05, 4.69) is 0 Å². The molecule has 3 aromatic rings. The van der Waals surface area contributed by atoms with Gasteiger partial charge in [-0.05, 0) is 83.3 Å². The lowest BCUT2D eigenvalue weighted by molar-refractivity contribution is -0.136. The van der Waals surface area contributed by atoms with E-state index in [0.29, 0.717) is 0 Å². The fraction of sp³-hybridized carbons (Fsp3) is 0.0476. The number of carbonyl (C=O) groups excluding carboxylic acids is 2. The largest absolute Gasteiger partial charge is 0.482 e. The molecule has 0 bridgehead atoms. The van der Waals surface area contributed by atoms with Crippen LogP contribution in [0.4, 0.5) is 4.39 Å². The molecule has 0 saturated heterocycles. The van der Waals surface area contributed by atoms with Crippen LogP contribution in [-0.4, -0.2) is 39.9 Å². The first-order valence-corrected chi connectivity index (χ1v) is 13.4. The number of ether oxygens (including phenoxy) is 2. The van der Waals surface area contributed by atoms with Crippen molar-refractivity contribution in [2.24, 2.45) is 0 Å². The molecule has 184 valence electrons. The Labute approximate surface area is 213 Å². The smallest absolute Gasteiger partial charge is 0.349 e. The van der Waals surface area contributed by atoms with Gasteiger partial charge in [0.25, 0.3) is 26.0 Å². The standard InChI is InChI=1S/C21H15FINO9S2/c22-14-2-1-3-17(10-14)34(27,28)24-21(26)13-4-6-15(7-5-13)33-20(25)12-32-16-8-9-19(18(23)11-16)35(29,30)31/h1-11H,12H2,(H,24,26)(H,29,30,31). The maximum absolute atomic E-state index is 13.3. The fourth-order valence-corrected chi connectivity index (χ4v) is 5.50. The molecule has 0 radical (unpaired) electrons. The Morgan fingerprint density at radius 2 is 1.60 bits per heavy atom. The van der Waals surface area contributed by atoms with Gasteiger partial charge in [0.1, 0.15) is 22.2 Å². The van der Waals surface area contributed by atoms with E-state index in [1.165, 1.54) is 42.5 Å². The minimum absolute atomic E-state index is 0.0411. The lowest BCUT2D eigenvalue weighted by atomic mass is 10.2. The highest BCUT2D eigenvalue weighted by Gasteiger charge is 2.20. The molecule has 2 N–H and O–H groups in total. The van der Waals surface area contributed by atoms with Crippen molar-refractivity contribution in [3.8, 4) is 11.5 Å². The Morgan fingerprint density at radius 1 is 0.943 bits per heavy atom. The molecule has 0 atom stereocenters. The highest BCUT2D eigenvalue weighted by Crippen LogP contribution is 2.23. The number of amides is 1. The molecule has 14 heteroatoms. The Kier molecular flexibility index (Phi) is 8.09. The Hall–Kier alpha value is -3.08. The number of hydrogen-bond donors (Lipinski definition) is 2. The van der Waals surface area contributed by atoms with Gasteiger partial charge in [0.15, 0.2) is 6.61 Å². The Balaban J connectivity index is 1.57. The molecular formula is C21H15FINO9S2. The van der Waals surface area contributed by atoms with Crippen LogP contribution in [0.5, 0.6) is 11.5 Å². The Morgan fingerprint density at radius 3 is 2.20 bits per heavy atom. The maximum Gasteiger partial charge on any atom is 0.349 e. The molecule has 0 aliphatic carbocycles. The molecule has 0 spiro atoms. The molecule has 3 aromatic carbocycles. The van der Waals surface area contributed by atoms with E-state index in [1.54, 1.807) is 22.6 Å². The van der Waals surface area contributed by atoms with Gasteiger partial charge in [-0.15, -0.1) is 0 Å². The molecule has 0 aromatic heterocycles. The van der Waals surface area contributed by atoms with Gasteiger partial charge in [0.2, 0.25) is 0 Å². The summed E-state index contributed by atoms with van der Waals surface area (Å²) in [5, 5.41) is 0. The third-order valence-corrected chi connectivity index (χ3v) is 7.72. The lowest BCUT2D eigenvalue weighted by Crippen LogP contribution is -2.30. The summed E-state index contributed by atoms with van der Waals surface area (Å²) < 4.78 is 81.6. The van der Waals surface area contributed by atoms with Crippen molar-refractivity contribution < 1.29 is 44.8 Å². The number of esters is 1. The van der Waals surface area contributed by atoms with E-state index >= 15 is 0 Å². The summed E-state index contributed by atoms with van der Waals surface area (Å²) in [5.74, 6) is -2.37. The van der Waals surface area contributed by atoms with Crippen molar-refractivity contribution in [3.05, 3.63) is 81.7 Å². The summed E-state index contributed by atoms with van der Waals surface area (Å²) in [6, 6.07) is 12.8. The van der Waals surface area contributed by atoms with Crippen LogP contribution in [0, 0.1) is 9.39 Å². The van der Waals surface area contributed by atoms with Crippen LogP contribution < -0.4 is 14.2 Å². The van der Waals surface area contributed by atoms with Crippen LogP contribution >= 0.6 is 22.6 Å². The first-order valence-electron chi connectivity index (χ1n) is 9.38. The topological polar surface area (TPSA) is 153 Å². The molecule has 10 nitrogen and oxygen atoms in total. The van der Waals surface area contributed by atoms with Crippen LogP contribution in [0.1, 0.15) is 10.4 Å². The van der Waals surface area contributed by atoms with E-state index < -0.39 is 49.3 Å². The van der Waals surface area contributed by atoms with Gasteiger partial charge in [-0.25, -0.2) is 22.3 Å². The molecular weight excluding hydrogens is 620 g/mol. The van der Waals surface area contributed by atoms with E-state index in [1.807, 2.05) is 4.72 Å². The highest BCUT2D eigenvalue weighted by molar-refractivity contribution is 14.1. The zero-order chi connectivity index (χ0) is 25.8. The second kappa shape index (κ2) is 10.7. The first-order chi connectivity index (χ1) is 16.3. The van der Waals surface area contributed by atoms with E-state index in [4.69, 9.17) is 14.0 Å². The van der Waals surface area contributed by atoms with E-state index in [0.717, 1.165) is 24.3 Å². The SMILES string of the molecule is O=C(COc1ccc(S(=O)(=O)O)c(I)c1)Oc1ccc(C(=O)NS(=O)(=O)c2cccc(F)c2)cc1. The van der Waals surface area contributed by atoms with Crippen molar-refractivity contribution >= 4 is 54.6 Å². The summed E-state index contributed by atoms with van der Waals surface area (Å²) in [6.45, 7) is -0.532.